The topological polar surface area (TPSA) is 62.1 Å². The van der Waals surface area contributed by atoms with Gasteiger partial charge in [-0.15, -0.1) is 0 Å². The molecule has 1 N–H and O–H groups in total. The fraction of sp³-hybridized carbons (Fsp3) is 0.125. The van der Waals surface area contributed by atoms with Gasteiger partial charge in [-0.25, -0.2) is 4.39 Å². The number of carbonyl (C=O) groups is 1. The van der Waals surface area contributed by atoms with Crippen molar-refractivity contribution in [1.29, 1.82) is 5.26 Å². The van der Waals surface area contributed by atoms with Crippen LogP contribution in [0.1, 0.15) is 22.8 Å². The van der Waals surface area contributed by atoms with E-state index in [0.717, 1.165) is 6.07 Å². The minimum Gasteiger partial charge on any atom is -0.492 e. The first-order chi connectivity index (χ1) is 10.2. The number of hydrogen-bond acceptors (Lipinski definition) is 3. The van der Waals surface area contributed by atoms with Gasteiger partial charge < -0.3 is 10.1 Å². The van der Waals surface area contributed by atoms with Crippen molar-refractivity contribution in [2.45, 2.75) is 6.92 Å². The molecule has 0 heterocycles. The van der Waals surface area contributed by atoms with Crippen LogP contribution >= 0.6 is 0 Å². The van der Waals surface area contributed by atoms with Crippen molar-refractivity contribution in [3.63, 3.8) is 0 Å². The molecule has 0 aromatic heterocycles. The summed E-state index contributed by atoms with van der Waals surface area (Å²) in [6.07, 6.45) is 0. The van der Waals surface area contributed by atoms with Crippen LogP contribution in [-0.4, -0.2) is 12.5 Å². The van der Waals surface area contributed by atoms with Crippen LogP contribution in [0.15, 0.2) is 42.5 Å². The molecule has 2 rings (SSSR count). The molecule has 0 atom stereocenters. The molecule has 21 heavy (non-hydrogen) atoms. The number of nitrogens with zero attached hydrogens (tertiary/aromatic N) is 1. The molecule has 1 amide bonds. The van der Waals surface area contributed by atoms with Gasteiger partial charge >= 0.3 is 0 Å². The zero-order valence-electron chi connectivity index (χ0n) is 11.4. The van der Waals surface area contributed by atoms with E-state index in [-0.39, 0.29) is 11.1 Å². The number of anilines is 1. The van der Waals surface area contributed by atoms with E-state index in [4.69, 9.17) is 10.00 Å². The number of carbonyl (C=O) groups excluding carboxylic acids is 1. The normalized spacial score (nSPS) is 9.76. The smallest absolute Gasteiger partial charge is 0.258 e. The first kappa shape index (κ1) is 14.5. The molecule has 0 aliphatic heterocycles. The monoisotopic (exact) mass is 284 g/mol. The standard InChI is InChI=1S/C16H13FN2O2/c1-2-21-15-6-4-3-5-14(15)19-16(20)12-8-7-11(10-18)9-13(12)17/h3-9H,2H2,1H3,(H,19,20). The van der Waals surface area contributed by atoms with E-state index >= 15 is 0 Å². The zero-order valence-corrected chi connectivity index (χ0v) is 11.4. The Morgan fingerprint density at radius 1 is 1.33 bits per heavy atom. The van der Waals surface area contributed by atoms with Gasteiger partial charge in [-0.05, 0) is 37.3 Å². The van der Waals surface area contributed by atoms with E-state index in [1.54, 1.807) is 24.3 Å². The van der Waals surface area contributed by atoms with Gasteiger partial charge in [-0.1, -0.05) is 12.1 Å². The second-order valence-corrected chi connectivity index (χ2v) is 4.19. The Labute approximate surface area is 121 Å². The summed E-state index contributed by atoms with van der Waals surface area (Å²) in [6.45, 7) is 2.29. The summed E-state index contributed by atoms with van der Waals surface area (Å²) in [5.74, 6) is -0.813. The predicted octanol–water partition coefficient (Wildman–Crippen LogP) is 3.35. The van der Waals surface area contributed by atoms with Crippen LogP contribution in [0.3, 0.4) is 0 Å². The van der Waals surface area contributed by atoms with Gasteiger partial charge in [-0.2, -0.15) is 5.26 Å². The summed E-state index contributed by atoms with van der Waals surface area (Å²) < 4.78 is 19.2. The molecule has 0 saturated heterocycles. The van der Waals surface area contributed by atoms with E-state index in [2.05, 4.69) is 5.32 Å². The molecule has 0 aliphatic rings. The van der Waals surface area contributed by atoms with Crippen molar-refractivity contribution < 1.29 is 13.9 Å². The van der Waals surface area contributed by atoms with Gasteiger partial charge in [0.15, 0.2) is 0 Å². The number of nitriles is 1. The van der Waals surface area contributed by atoms with Gasteiger partial charge in [0.05, 0.1) is 29.5 Å². The van der Waals surface area contributed by atoms with Crippen LogP contribution in [0, 0.1) is 17.1 Å². The summed E-state index contributed by atoms with van der Waals surface area (Å²) in [6, 6.07) is 12.4. The Bertz CT molecular complexity index is 708. The minimum absolute atomic E-state index is 0.125. The lowest BCUT2D eigenvalue weighted by atomic mass is 10.1. The van der Waals surface area contributed by atoms with Crippen LogP contribution in [-0.2, 0) is 0 Å². The van der Waals surface area contributed by atoms with Gasteiger partial charge in [0.2, 0.25) is 0 Å². The van der Waals surface area contributed by atoms with Crippen molar-refractivity contribution in [1.82, 2.24) is 0 Å². The molecule has 0 radical (unpaired) electrons. The van der Waals surface area contributed by atoms with Gasteiger partial charge in [0.1, 0.15) is 11.6 Å². The van der Waals surface area contributed by atoms with Gasteiger partial charge in [-0.3, -0.25) is 4.79 Å². The first-order valence-electron chi connectivity index (χ1n) is 6.38. The van der Waals surface area contributed by atoms with E-state index < -0.39 is 11.7 Å². The van der Waals surface area contributed by atoms with Crippen LogP contribution in [0.2, 0.25) is 0 Å². The van der Waals surface area contributed by atoms with Crippen LogP contribution in [0.4, 0.5) is 10.1 Å². The molecule has 0 unspecified atom stereocenters. The quantitative estimate of drug-likeness (QED) is 0.936. The van der Waals surface area contributed by atoms with Gasteiger partial charge in [0.25, 0.3) is 5.91 Å². The maximum Gasteiger partial charge on any atom is 0.258 e. The number of amides is 1. The number of rotatable bonds is 4. The number of halogens is 1. The Hall–Kier alpha value is -2.87. The molecule has 2 aromatic carbocycles. The summed E-state index contributed by atoms with van der Waals surface area (Å²) in [5.41, 5.74) is 0.507. The summed E-state index contributed by atoms with van der Waals surface area (Å²) in [5, 5.41) is 11.3. The van der Waals surface area contributed by atoms with Crippen molar-refractivity contribution in [2.75, 3.05) is 11.9 Å². The third-order valence-electron chi connectivity index (χ3n) is 2.78. The number of benzene rings is 2. The van der Waals surface area contributed by atoms with Gasteiger partial charge in [0, 0.05) is 0 Å². The van der Waals surface area contributed by atoms with E-state index in [9.17, 15) is 9.18 Å². The fourth-order valence-corrected chi connectivity index (χ4v) is 1.81. The van der Waals surface area contributed by atoms with E-state index in [1.165, 1.54) is 12.1 Å². The lowest BCUT2D eigenvalue weighted by Crippen LogP contribution is -2.14. The third kappa shape index (κ3) is 3.37. The molecule has 0 spiro atoms. The van der Waals surface area contributed by atoms with Crippen molar-refractivity contribution >= 4 is 11.6 Å². The van der Waals surface area contributed by atoms with Crippen LogP contribution < -0.4 is 10.1 Å². The second-order valence-electron chi connectivity index (χ2n) is 4.19. The highest BCUT2D eigenvalue weighted by Gasteiger charge is 2.14. The van der Waals surface area contributed by atoms with Crippen LogP contribution in [0.5, 0.6) is 5.75 Å². The average Bonchev–Trinajstić information content (AvgIpc) is 2.49. The number of ether oxygens (including phenoxy) is 1. The number of para-hydroxylation sites is 2. The number of nitrogens with one attached hydrogen (secondary N) is 1. The zero-order chi connectivity index (χ0) is 15.2. The molecule has 2 aromatic rings. The van der Waals surface area contributed by atoms with Crippen molar-refractivity contribution in [3.05, 3.63) is 59.4 Å². The fourth-order valence-electron chi connectivity index (χ4n) is 1.81. The summed E-state index contributed by atoms with van der Waals surface area (Å²) >= 11 is 0. The van der Waals surface area contributed by atoms with E-state index in [0.29, 0.717) is 18.0 Å². The SMILES string of the molecule is CCOc1ccccc1NC(=O)c1ccc(C#N)cc1F. The Kier molecular flexibility index (Phi) is 4.52. The minimum atomic E-state index is -0.736. The molecule has 0 saturated carbocycles. The maximum atomic E-state index is 13.8. The molecular formula is C16H13FN2O2. The third-order valence-corrected chi connectivity index (χ3v) is 2.78. The summed E-state index contributed by atoms with van der Waals surface area (Å²) in [4.78, 5) is 12.1. The lowest BCUT2D eigenvalue weighted by molar-refractivity contribution is 0.102. The van der Waals surface area contributed by atoms with Crippen molar-refractivity contribution in [3.8, 4) is 11.8 Å². The van der Waals surface area contributed by atoms with E-state index in [1.807, 2.05) is 13.0 Å². The average molecular weight is 284 g/mol. The maximum absolute atomic E-state index is 13.8. The Morgan fingerprint density at radius 2 is 2.10 bits per heavy atom. The molecule has 0 fully saturated rings. The predicted molar refractivity (Wildman–Crippen MR) is 76.7 cm³/mol. The highest BCUT2D eigenvalue weighted by molar-refractivity contribution is 6.05. The molecule has 0 bridgehead atoms. The first-order valence-corrected chi connectivity index (χ1v) is 6.38. The molecule has 0 aliphatic carbocycles. The Balaban J connectivity index is 2.25. The Morgan fingerprint density at radius 3 is 2.76 bits per heavy atom. The van der Waals surface area contributed by atoms with Crippen LogP contribution in [0.25, 0.3) is 0 Å². The number of hydrogen-bond donors (Lipinski definition) is 1. The van der Waals surface area contributed by atoms with Crippen molar-refractivity contribution in [2.24, 2.45) is 0 Å². The largest absolute Gasteiger partial charge is 0.492 e. The molecule has 106 valence electrons. The summed E-state index contributed by atoms with van der Waals surface area (Å²) in [7, 11) is 0. The molecule has 4 nitrogen and oxygen atoms in total. The molecule has 5 heteroatoms. The lowest BCUT2D eigenvalue weighted by Gasteiger charge is -2.11. The highest BCUT2D eigenvalue weighted by Crippen LogP contribution is 2.24. The molecular weight excluding hydrogens is 271 g/mol. The highest BCUT2D eigenvalue weighted by atomic mass is 19.1. The second kappa shape index (κ2) is 6.53.